The fourth-order valence-corrected chi connectivity index (χ4v) is 3.35. The summed E-state index contributed by atoms with van der Waals surface area (Å²) in [5.41, 5.74) is 2.22. The number of nitrogens with zero attached hydrogens (tertiary/aromatic N) is 3. The molecule has 3 nitrogen and oxygen atoms in total. The zero-order chi connectivity index (χ0) is 11.0. The average Bonchev–Trinajstić information content (AvgIpc) is 2.73. The van der Waals surface area contributed by atoms with Crippen LogP contribution < -0.4 is 0 Å². The van der Waals surface area contributed by atoms with E-state index in [2.05, 4.69) is 39.9 Å². The smallest absolute Gasteiger partial charge is 0.161 e. The highest BCUT2D eigenvalue weighted by Gasteiger charge is 2.20. The van der Waals surface area contributed by atoms with Gasteiger partial charge in [-0.2, -0.15) is 11.8 Å². The van der Waals surface area contributed by atoms with Gasteiger partial charge in [0.25, 0.3) is 0 Å². The van der Waals surface area contributed by atoms with Crippen LogP contribution in [0.4, 0.5) is 0 Å². The lowest BCUT2D eigenvalue weighted by Crippen LogP contribution is -2.11. The Hall–Kier alpha value is -1.03. The van der Waals surface area contributed by atoms with Crippen LogP contribution in [-0.2, 0) is 0 Å². The van der Waals surface area contributed by atoms with Gasteiger partial charge in [0.2, 0.25) is 0 Å². The van der Waals surface area contributed by atoms with E-state index < -0.39 is 0 Å². The molecule has 3 rings (SSSR count). The fourth-order valence-electron chi connectivity index (χ4n) is 2.25. The molecule has 16 heavy (non-hydrogen) atoms. The van der Waals surface area contributed by atoms with Gasteiger partial charge < -0.3 is 0 Å². The molecule has 0 bridgehead atoms. The largest absolute Gasteiger partial charge is 0.286 e. The van der Waals surface area contributed by atoms with Gasteiger partial charge in [0.1, 0.15) is 5.82 Å². The first kappa shape index (κ1) is 10.1. The SMILES string of the molecule is Cc1ccn2c(C3CCSCC3)nnc2c1. The molecule has 0 unspecified atom stereocenters. The lowest BCUT2D eigenvalue weighted by atomic mass is 10.0. The van der Waals surface area contributed by atoms with Crippen LogP contribution in [0.5, 0.6) is 0 Å². The summed E-state index contributed by atoms with van der Waals surface area (Å²) in [5, 5.41) is 8.62. The molecule has 3 heterocycles. The highest BCUT2D eigenvalue weighted by molar-refractivity contribution is 7.99. The highest BCUT2D eigenvalue weighted by Crippen LogP contribution is 2.30. The van der Waals surface area contributed by atoms with Gasteiger partial charge in [-0.25, -0.2) is 0 Å². The van der Waals surface area contributed by atoms with Crippen molar-refractivity contribution in [2.75, 3.05) is 11.5 Å². The van der Waals surface area contributed by atoms with Gasteiger partial charge >= 0.3 is 0 Å². The molecule has 2 aromatic rings. The molecule has 4 heteroatoms. The summed E-state index contributed by atoms with van der Waals surface area (Å²) >= 11 is 2.05. The lowest BCUT2D eigenvalue weighted by molar-refractivity contribution is 0.592. The van der Waals surface area contributed by atoms with Crippen LogP contribution in [0.2, 0.25) is 0 Å². The highest BCUT2D eigenvalue weighted by atomic mass is 32.2. The maximum atomic E-state index is 4.36. The standard InChI is InChI=1S/C12H15N3S/c1-9-2-5-15-11(8-9)13-14-12(15)10-3-6-16-7-4-10/h2,5,8,10H,3-4,6-7H2,1H3. The van der Waals surface area contributed by atoms with Crippen molar-refractivity contribution in [2.45, 2.75) is 25.7 Å². The molecule has 0 aromatic carbocycles. The molecule has 0 saturated carbocycles. The second-order valence-electron chi connectivity index (χ2n) is 4.38. The number of aromatic nitrogens is 3. The summed E-state index contributed by atoms with van der Waals surface area (Å²) in [6, 6.07) is 4.21. The molecule has 0 spiro atoms. The van der Waals surface area contributed by atoms with Gasteiger partial charge in [-0.1, -0.05) is 0 Å². The van der Waals surface area contributed by atoms with Crippen molar-refractivity contribution < 1.29 is 0 Å². The van der Waals surface area contributed by atoms with Gasteiger partial charge in [0.05, 0.1) is 0 Å². The Morgan fingerprint density at radius 1 is 1.31 bits per heavy atom. The van der Waals surface area contributed by atoms with Crippen molar-refractivity contribution in [1.82, 2.24) is 14.6 Å². The number of hydrogen-bond acceptors (Lipinski definition) is 3. The van der Waals surface area contributed by atoms with Crippen LogP contribution in [-0.4, -0.2) is 26.1 Å². The Labute approximate surface area is 99.3 Å². The minimum Gasteiger partial charge on any atom is -0.286 e. The van der Waals surface area contributed by atoms with Crippen molar-refractivity contribution in [3.05, 3.63) is 29.7 Å². The van der Waals surface area contributed by atoms with Crippen molar-refractivity contribution in [3.63, 3.8) is 0 Å². The normalized spacial score (nSPS) is 18.1. The second-order valence-corrected chi connectivity index (χ2v) is 5.60. The number of rotatable bonds is 1. The minimum atomic E-state index is 0.596. The first-order valence-corrected chi connectivity index (χ1v) is 6.89. The van der Waals surface area contributed by atoms with Gasteiger partial charge in [-0.3, -0.25) is 4.40 Å². The monoisotopic (exact) mass is 233 g/mol. The summed E-state index contributed by atoms with van der Waals surface area (Å²) in [4.78, 5) is 0. The lowest BCUT2D eigenvalue weighted by Gasteiger charge is -2.19. The van der Waals surface area contributed by atoms with E-state index in [4.69, 9.17) is 0 Å². The van der Waals surface area contributed by atoms with E-state index in [1.165, 1.54) is 29.9 Å². The van der Waals surface area contributed by atoms with E-state index in [0.29, 0.717) is 5.92 Å². The maximum absolute atomic E-state index is 4.36. The summed E-state index contributed by atoms with van der Waals surface area (Å²) in [7, 11) is 0. The molecule has 0 N–H and O–H groups in total. The third kappa shape index (κ3) is 1.71. The first-order chi connectivity index (χ1) is 7.84. The number of aryl methyl sites for hydroxylation is 1. The van der Waals surface area contributed by atoms with Gasteiger partial charge in [-0.05, 0) is 49.0 Å². The summed E-state index contributed by atoms with van der Waals surface area (Å²) in [6.45, 7) is 2.09. The number of pyridine rings is 1. The second kappa shape index (κ2) is 4.09. The van der Waals surface area contributed by atoms with Crippen LogP contribution in [0.3, 0.4) is 0 Å². The predicted molar refractivity (Wildman–Crippen MR) is 67.0 cm³/mol. The molecule has 1 aliphatic heterocycles. The summed E-state index contributed by atoms with van der Waals surface area (Å²) < 4.78 is 2.15. The molecular weight excluding hydrogens is 218 g/mol. The maximum Gasteiger partial charge on any atom is 0.161 e. The van der Waals surface area contributed by atoms with Crippen molar-refractivity contribution in [2.24, 2.45) is 0 Å². The van der Waals surface area contributed by atoms with Crippen LogP contribution in [0.1, 0.15) is 30.1 Å². The summed E-state index contributed by atoms with van der Waals surface area (Å²) in [6.07, 6.45) is 4.57. The Bertz CT molecular complexity index is 500. The van der Waals surface area contributed by atoms with Crippen LogP contribution >= 0.6 is 11.8 Å². The zero-order valence-corrected chi connectivity index (χ0v) is 10.2. The number of thioether (sulfide) groups is 1. The van der Waals surface area contributed by atoms with E-state index in [1.807, 2.05) is 11.8 Å². The van der Waals surface area contributed by atoms with Crippen LogP contribution in [0.15, 0.2) is 18.3 Å². The Morgan fingerprint density at radius 3 is 2.94 bits per heavy atom. The molecule has 2 aromatic heterocycles. The molecule has 0 atom stereocenters. The third-order valence-electron chi connectivity index (χ3n) is 3.18. The molecule has 0 amide bonds. The Kier molecular flexibility index (Phi) is 2.59. The minimum absolute atomic E-state index is 0.596. The predicted octanol–water partition coefficient (Wildman–Crippen LogP) is 2.65. The molecule has 84 valence electrons. The van der Waals surface area contributed by atoms with Crippen molar-refractivity contribution >= 4 is 17.4 Å². The molecule has 1 saturated heterocycles. The van der Waals surface area contributed by atoms with Crippen LogP contribution in [0.25, 0.3) is 5.65 Å². The molecule has 1 fully saturated rings. The average molecular weight is 233 g/mol. The molecule has 1 aliphatic rings. The zero-order valence-electron chi connectivity index (χ0n) is 9.39. The van der Waals surface area contributed by atoms with E-state index in [9.17, 15) is 0 Å². The van der Waals surface area contributed by atoms with Crippen LogP contribution in [0, 0.1) is 6.92 Å². The molecular formula is C12H15N3S. The number of fused-ring (bicyclic) bond motifs is 1. The van der Waals surface area contributed by atoms with E-state index in [-0.39, 0.29) is 0 Å². The molecule has 0 aliphatic carbocycles. The Morgan fingerprint density at radius 2 is 2.12 bits per heavy atom. The first-order valence-electron chi connectivity index (χ1n) is 5.73. The summed E-state index contributed by atoms with van der Waals surface area (Å²) in [5.74, 6) is 4.26. The van der Waals surface area contributed by atoms with E-state index in [0.717, 1.165) is 11.5 Å². The quantitative estimate of drug-likeness (QED) is 0.758. The van der Waals surface area contributed by atoms with Gasteiger partial charge in [-0.15, -0.1) is 10.2 Å². The van der Waals surface area contributed by atoms with Crippen molar-refractivity contribution in [1.29, 1.82) is 0 Å². The van der Waals surface area contributed by atoms with Gasteiger partial charge in [0.15, 0.2) is 5.65 Å². The fraction of sp³-hybridized carbons (Fsp3) is 0.500. The third-order valence-corrected chi connectivity index (χ3v) is 4.23. The van der Waals surface area contributed by atoms with Crippen molar-refractivity contribution in [3.8, 4) is 0 Å². The topological polar surface area (TPSA) is 30.2 Å². The number of hydrogen-bond donors (Lipinski definition) is 0. The van der Waals surface area contributed by atoms with E-state index >= 15 is 0 Å². The molecule has 0 radical (unpaired) electrons. The van der Waals surface area contributed by atoms with E-state index in [1.54, 1.807) is 0 Å². The Balaban J connectivity index is 2.03. The van der Waals surface area contributed by atoms with Gasteiger partial charge in [0, 0.05) is 12.1 Å².